The molecule has 2 aliphatic heterocycles. The smallest absolute Gasteiger partial charge is 0.389 e. The van der Waals surface area contributed by atoms with Gasteiger partial charge in [0.05, 0.1) is 17.8 Å². The topological polar surface area (TPSA) is 79.5 Å². The lowest BCUT2D eigenvalue weighted by Crippen LogP contribution is -2.51. The largest absolute Gasteiger partial charge is 0.401 e. The van der Waals surface area contributed by atoms with Crippen LogP contribution in [0, 0.1) is 6.92 Å². The molecule has 3 aromatic rings. The number of β-amino-alcohol motifs (C(OH)–C–C–N with tert-alkyl or cyclic N) is 1. The highest BCUT2D eigenvalue weighted by Crippen LogP contribution is 2.35. The summed E-state index contributed by atoms with van der Waals surface area (Å²) in [6, 6.07) is 5.02. The average molecular weight is 462 g/mol. The van der Waals surface area contributed by atoms with E-state index in [2.05, 4.69) is 19.8 Å². The number of aromatic nitrogens is 4. The molecular formula is C22H25F3N6O2. The van der Waals surface area contributed by atoms with Crippen molar-refractivity contribution < 1.29 is 23.0 Å². The number of piperidine rings is 1. The molecule has 2 saturated heterocycles. The van der Waals surface area contributed by atoms with Crippen molar-refractivity contribution in [1.82, 2.24) is 24.6 Å². The summed E-state index contributed by atoms with van der Waals surface area (Å²) >= 11 is 0. The Morgan fingerprint density at radius 1 is 1.12 bits per heavy atom. The fourth-order valence-corrected chi connectivity index (χ4v) is 4.64. The van der Waals surface area contributed by atoms with Gasteiger partial charge in [0, 0.05) is 37.0 Å². The second-order valence-electron chi connectivity index (χ2n) is 8.80. The third-order valence-electron chi connectivity index (χ3n) is 6.38. The molecule has 0 spiro atoms. The van der Waals surface area contributed by atoms with Crippen LogP contribution in [0.1, 0.15) is 23.5 Å². The maximum Gasteiger partial charge on any atom is 0.389 e. The van der Waals surface area contributed by atoms with E-state index in [-0.39, 0.29) is 11.7 Å². The molecule has 8 nitrogen and oxygen atoms in total. The molecule has 0 unspecified atom stereocenters. The highest BCUT2D eigenvalue weighted by Gasteiger charge is 2.31. The number of anilines is 1. The zero-order chi connectivity index (χ0) is 23.3. The second kappa shape index (κ2) is 8.45. The molecule has 2 atom stereocenters. The van der Waals surface area contributed by atoms with Crippen LogP contribution in [0.15, 0.2) is 24.4 Å². The maximum absolute atomic E-state index is 14.9. The number of hydrogen-bond acceptors (Lipinski definition) is 7. The zero-order valence-electron chi connectivity index (χ0n) is 18.3. The van der Waals surface area contributed by atoms with Crippen LogP contribution in [-0.2, 0) is 0 Å². The second-order valence-corrected chi connectivity index (χ2v) is 8.80. The molecule has 0 radical (unpaired) electrons. The number of aryl methyl sites for hydroxylation is 1. The van der Waals surface area contributed by atoms with Gasteiger partial charge in [-0.1, -0.05) is 0 Å². The number of ether oxygens (including phenoxy) is 1. The Hall–Kier alpha value is -2.92. The number of halogens is 3. The SMILES string of the molecule is Cc1cc2cnn(-c3cc(N4CC(O)C4)nc(OC(F)F)n3)c2cc1[C@H]1CCN(C)C[C@H]1F. The van der Waals surface area contributed by atoms with E-state index in [1.165, 1.54) is 4.68 Å². The maximum atomic E-state index is 14.9. The lowest BCUT2D eigenvalue weighted by Gasteiger charge is -2.36. The van der Waals surface area contributed by atoms with E-state index >= 15 is 0 Å². The Labute approximate surface area is 188 Å². The van der Waals surface area contributed by atoms with Gasteiger partial charge in [-0.05, 0) is 50.2 Å². The standard InChI is InChI=1S/C22H25F3N6O2/c1-12-5-13-8-26-31(18(13)6-16(12)15-3-4-29(2)11-17(15)23)20-7-19(30-9-14(32)10-30)27-22(28-20)33-21(24)25/h5-8,14-15,17,21,32H,3-4,9-11H2,1-2H3/t15-,17-/m1/s1. The lowest BCUT2D eigenvalue weighted by atomic mass is 9.85. The van der Waals surface area contributed by atoms with E-state index in [1.807, 2.05) is 31.0 Å². The van der Waals surface area contributed by atoms with Crippen LogP contribution >= 0.6 is 0 Å². The summed E-state index contributed by atoms with van der Waals surface area (Å²) in [5.74, 6) is 0.383. The number of hydrogen-bond donors (Lipinski definition) is 1. The Balaban J connectivity index is 1.57. The molecule has 11 heteroatoms. The first-order valence-electron chi connectivity index (χ1n) is 10.9. The molecule has 5 rings (SSSR count). The Kier molecular flexibility index (Phi) is 5.61. The Morgan fingerprint density at radius 3 is 2.58 bits per heavy atom. The predicted octanol–water partition coefficient (Wildman–Crippen LogP) is 2.66. The first kappa shape index (κ1) is 21.9. The number of rotatable bonds is 5. The van der Waals surface area contributed by atoms with Gasteiger partial charge in [-0.3, -0.25) is 0 Å². The predicted molar refractivity (Wildman–Crippen MR) is 116 cm³/mol. The molecule has 176 valence electrons. The van der Waals surface area contributed by atoms with Crippen molar-refractivity contribution in [2.24, 2.45) is 0 Å². The van der Waals surface area contributed by atoms with Crippen molar-refractivity contribution in [1.29, 1.82) is 0 Å². The Bertz CT molecular complexity index is 1170. The molecule has 2 aliphatic rings. The van der Waals surface area contributed by atoms with Gasteiger partial charge in [0.25, 0.3) is 0 Å². The summed E-state index contributed by atoms with van der Waals surface area (Å²) in [6.07, 6.45) is 0.892. The number of likely N-dealkylation sites (tertiary alicyclic amines) is 1. The van der Waals surface area contributed by atoms with E-state index in [0.29, 0.717) is 37.4 Å². The fourth-order valence-electron chi connectivity index (χ4n) is 4.64. The number of aliphatic hydroxyl groups excluding tert-OH is 1. The average Bonchev–Trinajstić information content (AvgIpc) is 3.13. The number of benzene rings is 1. The highest BCUT2D eigenvalue weighted by molar-refractivity contribution is 5.82. The van der Waals surface area contributed by atoms with Gasteiger partial charge in [-0.25, -0.2) is 9.07 Å². The summed E-state index contributed by atoms with van der Waals surface area (Å²) in [5.41, 5.74) is 2.59. The zero-order valence-corrected chi connectivity index (χ0v) is 18.3. The molecule has 1 aromatic carbocycles. The third-order valence-corrected chi connectivity index (χ3v) is 6.38. The molecule has 2 fully saturated rings. The van der Waals surface area contributed by atoms with Gasteiger partial charge in [0.15, 0.2) is 5.82 Å². The molecule has 1 N–H and O–H groups in total. The number of aliphatic hydroxyl groups is 1. The number of alkyl halides is 3. The van der Waals surface area contributed by atoms with Gasteiger partial charge in [0.1, 0.15) is 12.0 Å². The van der Waals surface area contributed by atoms with Crippen molar-refractivity contribution in [2.45, 2.75) is 38.1 Å². The van der Waals surface area contributed by atoms with Gasteiger partial charge in [0.2, 0.25) is 0 Å². The lowest BCUT2D eigenvalue weighted by molar-refractivity contribution is -0.0560. The van der Waals surface area contributed by atoms with Crippen molar-refractivity contribution in [3.63, 3.8) is 0 Å². The molecular weight excluding hydrogens is 437 g/mol. The fraction of sp³-hybridized carbons (Fsp3) is 0.500. The molecule has 4 heterocycles. The van der Waals surface area contributed by atoms with Crippen molar-refractivity contribution in [2.75, 3.05) is 38.1 Å². The van der Waals surface area contributed by atoms with Crippen molar-refractivity contribution >= 4 is 16.7 Å². The molecule has 0 aliphatic carbocycles. The van der Waals surface area contributed by atoms with Crippen molar-refractivity contribution in [3.05, 3.63) is 35.5 Å². The first-order valence-corrected chi connectivity index (χ1v) is 10.9. The van der Waals surface area contributed by atoms with Gasteiger partial charge in [-0.15, -0.1) is 0 Å². The van der Waals surface area contributed by atoms with E-state index in [0.717, 1.165) is 23.1 Å². The van der Waals surface area contributed by atoms with Gasteiger partial charge in [-0.2, -0.15) is 23.8 Å². The molecule has 33 heavy (non-hydrogen) atoms. The molecule has 0 saturated carbocycles. The van der Waals surface area contributed by atoms with Crippen LogP contribution < -0.4 is 9.64 Å². The summed E-state index contributed by atoms with van der Waals surface area (Å²) in [7, 11) is 1.91. The monoisotopic (exact) mass is 462 g/mol. The number of fused-ring (bicyclic) bond motifs is 1. The van der Waals surface area contributed by atoms with E-state index in [9.17, 15) is 18.3 Å². The summed E-state index contributed by atoms with van der Waals surface area (Å²) < 4.78 is 46.7. The normalized spacial score (nSPS) is 22.2. The minimum absolute atomic E-state index is 0.227. The minimum Gasteiger partial charge on any atom is -0.401 e. The highest BCUT2D eigenvalue weighted by atomic mass is 19.3. The molecule has 0 amide bonds. The first-order chi connectivity index (χ1) is 15.8. The van der Waals surface area contributed by atoms with Crippen LogP contribution in [0.2, 0.25) is 0 Å². The summed E-state index contributed by atoms with van der Waals surface area (Å²) in [4.78, 5) is 11.9. The summed E-state index contributed by atoms with van der Waals surface area (Å²) in [6.45, 7) is 0.747. The van der Waals surface area contributed by atoms with Gasteiger partial charge < -0.3 is 19.6 Å². The third kappa shape index (κ3) is 4.22. The van der Waals surface area contributed by atoms with Crippen LogP contribution in [-0.4, -0.2) is 81.9 Å². The quantitative estimate of drug-likeness (QED) is 0.625. The van der Waals surface area contributed by atoms with E-state index in [1.54, 1.807) is 17.2 Å². The van der Waals surface area contributed by atoms with Crippen LogP contribution in [0.4, 0.5) is 19.0 Å². The van der Waals surface area contributed by atoms with Crippen molar-refractivity contribution in [3.8, 4) is 11.8 Å². The van der Waals surface area contributed by atoms with E-state index < -0.39 is 24.9 Å². The van der Waals surface area contributed by atoms with Crippen LogP contribution in [0.25, 0.3) is 16.7 Å². The summed E-state index contributed by atoms with van der Waals surface area (Å²) in [5, 5.41) is 14.9. The van der Waals surface area contributed by atoms with Gasteiger partial charge >= 0.3 is 12.6 Å². The molecule has 0 bridgehead atoms. The minimum atomic E-state index is -3.08. The van der Waals surface area contributed by atoms with E-state index in [4.69, 9.17) is 0 Å². The molecule has 2 aromatic heterocycles. The van der Waals surface area contributed by atoms with Crippen LogP contribution in [0.5, 0.6) is 6.01 Å². The number of nitrogens with zero attached hydrogens (tertiary/aromatic N) is 6. The Morgan fingerprint density at radius 2 is 1.88 bits per heavy atom. The van der Waals surface area contributed by atoms with Crippen LogP contribution in [0.3, 0.4) is 0 Å².